The highest BCUT2D eigenvalue weighted by molar-refractivity contribution is 5.97. The lowest BCUT2D eigenvalue weighted by Gasteiger charge is -2.26. The Balaban J connectivity index is 3.28. The van der Waals surface area contributed by atoms with E-state index in [1.807, 2.05) is 0 Å². The molecule has 0 aromatic heterocycles. The zero-order valence-corrected chi connectivity index (χ0v) is 43.1. The fourth-order valence-corrected chi connectivity index (χ4v) is 6.87. The highest BCUT2D eigenvalue weighted by Gasteiger charge is 2.33. The van der Waals surface area contributed by atoms with Crippen LogP contribution in [-0.2, 0) is 54.4 Å². The summed E-state index contributed by atoms with van der Waals surface area (Å²) in [6.45, 7) is -0.185. The lowest BCUT2D eigenvalue weighted by atomic mass is 10.0. The van der Waals surface area contributed by atoms with Gasteiger partial charge in [-0.05, 0) is 56.4 Å². The molecule has 0 aliphatic rings. The smallest absolute Gasteiger partial charge is 0.326 e. The van der Waals surface area contributed by atoms with Gasteiger partial charge in [-0.3, -0.25) is 58.1 Å². The molecule has 0 saturated carbocycles. The van der Waals surface area contributed by atoms with Gasteiger partial charge in [0.05, 0.1) is 32.8 Å². The number of carboxylic acids is 1. The summed E-state index contributed by atoms with van der Waals surface area (Å²) in [5, 5.41) is 51.5. The van der Waals surface area contributed by atoms with Gasteiger partial charge in [0.2, 0.25) is 53.2 Å². The molecule has 1 rings (SSSR count). The minimum Gasteiger partial charge on any atom is -0.480 e. The third-order valence-electron chi connectivity index (χ3n) is 10.7. The molecular weight excluding hydrogens is 1010 g/mol. The number of aliphatic hydroxyl groups excluding tert-OH is 2. The maximum absolute atomic E-state index is 14.1. The Bertz CT molecular complexity index is 2210. The van der Waals surface area contributed by atoms with Crippen molar-refractivity contribution in [3.8, 4) is 0 Å². The molecule has 430 valence electrons. The largest absolute Gasteiger partial charge is 0.480 e. The molecular formula is C45H77N19O13. The number of aliphatic hydroxyl groups is 2. The molecule has 0 radical (unpaired) electrons. The van der Waals surface area contributed by atoms with Gasteiger partial charge in [0.1, 0.15) is 42.3 Å². The van der Waals surface area contributed by atoms with Crippen LogP contribution in [0.3, 0.4) is 0 Å². The van der Waals surface area contributed by atoms with Crippen molar-refractivity contribution >= 4 is 77.0 Å². The van der Waals surface area contributed by atoms with Gasteiger partial charge in [-0.2, -0.15) is 0 Å². The molecule has 0 spiro atoms. The van der Waals surface area contributed by atoms with E-state index in [2.05, 4.69) is 62.8 Å². The summed E-state index contributed by atoms with van der Waals surface area (Å²) in [5.41, 5.74) is 38.1. The monoisotopic (exact) mass is 1090 g/mol. The van der Waals surface area contributed by atoms with Crippen LogP contribution in [-0.4, -0.2) is 187 Å². The summed E-state index contributed by atoms with van der Waals surface area (Å²) >= 11 is 0. The number of aliphatic carboxylic acids is 1. The number of carbonyl (C=O) groups excluding carboxylic acids is 9. The first kappa shape index (κ1) is 66.6. The Morgan fingerprint density at radius 1 is 0.481 bits per heavy atom. The second-order valence-electron chi connectivity index (χ2n) is 17.6. The predicted octanol–water partition coefficient (Wildman–Crippen LogP) is -8.91. The summed E-state index contributed by atoms with van der Waals surface area (Å²) in [6, 6.07) is -1.98. The highest BCUT2D eigenvalue weighted by Crippen LogP contribution is 2.09. The average Bonchev–Trinajstić information content (AvgIpc) is 3.37. The second kappa shape index (κ2) is 36.5. The molecule has 0 aliphatic heterocycles. The fourth-order valence-electron chi connectivity index (χ4n) is 6.87. The Morgan fingerprint density at radius 2 is 0.844 bits per heavy atom. The number of nitrogens with one attached hydrogen (secondary N) is 9. The van der Waals surface area contributed by atoms with Crippen LogP contribution in [0, 0.1) is 5.92 Å². The number of rotatable bonds is 37. The summed E-state index contributed by atoms with van der Waals surface area (Å²) in [7, 11) is 0. The molecule has 1 aromatic rings. The fraction of sp³-hybridized carbons (Fsp3) is 0.578. The van der Waals surface area contributed by atoms with Gasteiger partial charge in [0.15, 0.2) is 17.9 Å². The van der Waals surface area contributed by atoms with Crippen LogP contribution in [0.15, 0.2) is 45.3 Å². The van der Waals surface area contributed by atoms with Crippen LogP contribution < -0.4 is 88.0 Å². The second-order valence-corrected chi connectivity index (χ2v) is 17.6. The van der Waals surface area contributed by atoms with Gasteiger partial charge >= 0.3 is 5.97 Å². The van der Waals surface area contributed by atoms with E-state index in [0.29, 0.717) is 5.56 Å². The highest BCUT2D eigenvalue weighted by atomic mass is 16.4. The Kier molecular flexibility index (Phi) is 31.6. The summed E-state index contributed by atoms with van der Waals surface area (Å²) < 4.78 is 0. The number of hydrogen-bond acceptors (Lipinski definition) is 16. The van der Waals surface area contributed by atoms with Gasteiger partial charge in [-0.1, -0.05) is 44.2 Å². The molecule has 7 atom stereocenters. The molecule has 0 saturated heterocycles. The summed E-state index contributed by atoms with van der Waals surface area (Å²) in [6.07, 6.45) is 0.0323. The molecule has 32 heteroatoms. The van der Waals surface area contributed by atoms with E-state index < -0.39 is 128 Å². The van der Waals surface area contributed by atoms with E-state index >= 15 is 0 Å². The van der Waals surface area contributed by atoms with Gasteiger partial charge in [0, 0.05) is 26.1 Å². The van der Waals surface area contributed by atoms with Crippen molar-refractivity contribution in [1.82, 2.24) is 47.9 Å². The molecule has 9 amide bonds. The Labute approximate surface area is 444 Å². The van der Waals surface area contributed by atoms with E-state index in [4.69, 9.17) is 40.1 Å². The molecule has 77 heavy (non-hydrogen) atoms. The lowest BCUT2D eigenvalue weighted by Crippen LogP contribution is -2.60. The number of nitrogens with zero attached hydrogens (tertiary/aromatic N) is 3. The van der Waals surface area contributed by atoms with Gasteiger partial charge < -0.3 is 103 Å². The molecule has 0 heterocycles. The number of hydrogen-bond donors (Lipinski definition) is 19. The first-order chi connectivity index (χ1) is 36.4. The topological polar surface area (TPSA) is 559 Å². The van der Waals surface area contributed by atoms with E-state index in [0.717, 1.165) is 0 Å². The Hall–Kier alpha value is -8.39. The zero-order valence-electron chi connectivity index (χ0n) is 43.1. The minimum atomic E-state index is -1.74. The summed E-state index contributed by atoms with van der Waals surface area (Å²) in [4.78, 5) is 142. The van der Waals surface area contributed by atoms with Crippen molar-refractivity contribution < 1.29 is 63.3 Å². The van der Waals surface area contributed by atoms with E-state index in [-0.39, 0.29) is 101 Å². The number of guanidine groups is 3. The molecule has 0 fully saturated rings. The van der Waals surface area contributed by atoms with Crippen LogP contribution in [0.2, 0.25) is 0 Å². The number of amides is 9. The SMILES string of the molecule is CC(C)C[C@H](NC(=O)CN)C(=O)NCC(=O)N[C@@H](CO)C(=O)N[C@@H](CCCN=C(N)N)C(=O)N[C@@H](Cc1ccccc1)C(=O)N[C@@H](CO)C(=O)NCC(=O)N[C@@H](CCCN=C(N)N)C(=O)N[C@@H](CCCN=C(N)N)C(=O)O. The lowest BCUT2D eigenvalue weighted by molar-refractivity contribution is -0.142. The van der Waals surface area contributed by atoms with Crippen molar-refractivity contribution in [3.05, 3.63) is 35.9 Å². The quantitative estimate of drug-likeness (QED) is 0.0167. The number of carbonyl (C=O) groups is 10. The maximum Gasteiger partial charge on any atom is 0.326 e. The van der Waals surface area contributed by atoms with Crippen LogP contribution in [0.25, 0.3) is 0 Å². The third kappa shape index (κ3) is 28.8. The van der Waals surface area contributed by atoms with Crippen LogP contribution in [0.5, 0.6) is 0 Å². The maximum atomic E-state index is 14.1. The number of aliphatic imine (C=N–C) groups is 3. The number of carboxylic acid groups (broad SMARTS) is 1. The minimum absolute atomic E-state index is 0.0219. The molecule has 1 aromatic carbocycles. The van der Waals surface area contributed by atoms with Crippen molar-refractivity contribution in [3.63, 3.8) is 0 Å². The molecule has 0 unspecified atom stereocenters. The van der Waals surface area contributed by atoms with Crippen LogP contribution in [0.1, 0.15) is 64.4 Å². The number of nitrogens with two attached hydrogens (primary N) is 7. The van der Waals surface area contributed by atoms with Crippen molar-refractivity contribution in [1.29, 1.82) is 0 Å². The first-order valence-electron chi connectivity index (χ1n) is 24.4. The molecule has 0 bridgehead atoms. The van der Waals surface area contributed by atoms with E-state index in [1.165, 1.54) is 0 Å². The van der Waals surface area contributed by atoms with Gasteiger partial charge in [-0.15, -0.1) is 0 Å². The third-order valence-corrected chi connectivity index (χ3v) is 10.7. The standard InChI is InChI=1S/C45H77N19O13/c1-24(2)17-29(59-33(67)19-46)36(70)56-21-35(69)60-32(23-66)41(75)61-27(12-7-15-54-44(49)50)39(73)63-30(18-25-9-4-3-5-10-25)40(74)64-31(22-65)37(71)57-20-34(68)58-26(11-6-14-53-43(47)48)38(72)62-28(42(76)77)13-8-16-55-45(51)52/h3-5,9-10,24,26-32,65-66H,6-8,11-23,46H2,1-2H3,(H,56,70)(H,57,71)(H,58,68)(H,59,67)(H,60,69)(H,61,75)(H,62,72)(H,63,73)(H,64,74)(H,76,77)(H4,47,48,53)(H4,49,50,54)(H4,51,52,55)/t26-,27-,28-,29-,30-,31-,32-/m0/s1. The van der Waals surface area contributed by atoms with Crippen LogP contribution in [0.4, 0.5) is 0 Å². The van der Waals surface area contributed by atoms with Crippen LogP contribution >= 0.6 is 0 Å². The molecule has 32 nitrogen and oxygen atoms in total. The van der Waals surface area contributed by atoms with Crippen molar-refractivity contribution in [2.75, 3.05) is 52.5 Å². The van der Waals surface area contributed by atoms with Gasteiger partial charge in [0.25, 0.3) is 0 Å². The molecule has 26 N–H and O–H groups in total. The van der Waals surface area contributed by atoms with E-state index in [1.54, 1.807) is 44.2 Å². The first-order valence-corrected chi connectivity index (χ1v) is 24.4. The Morgan fingerprint density at radius 3 is 1.29 bits per heavy atom. The number of benzene rings is 1. The van der Waals surface area contributed by atoms with Crippen molar-refractivity contribution in [2.45, 2.75) is 108 Å². The van der Waals surface area contributed by atoms with Crippen molar-refractivity contribution in [2.24, 2.45) is 61.0 Å². The normalized spacial score (nSPS) is 13.4. The average molecular weight is 1090 g/mol. The van der Waals surface area contributed by atoms with Gasteiger partial charge in [-0.25, -0.2) is 4.79 Å². The molecule has 0 aliphatic carbocycles. The zero-order chi connectivity index (χ0) is 58.0. The summed E-state index contributed by atoms with van der Waals surface area (Å²) in [5.74, 6) is -10.4. The van der Waals surface area contributed by atoms with E-state index in [9.17, 15) is 63.3 Å². The predicted molar refractivity (Wildman–Crippen MR) is 280 cm³/mol.